The molecule has 2 N–H and O–H groups in total. The monoisotopic (exact) mass is 198 g/mol. The van der Waals surface area contributed by atoms with E-state index in [4.69, 9.17) is 0 Å². The zero-order valence-electron chi connectivity index (χ0n) is 7.84. The summed E-state index contributed by atoms with van der Waals surface area (Å²) in [5.41, 5.74) is -1.26. The van der Waals surface area contributed by atoms with E-state index in [0.717, 1.165) is 0 Å². The molecule has 1 aromatic heterocycles. The number of rotatable bonds is 2. The van der Waals surface area contributed by atoms with Crippen LogP contribution < -0.4 is 11.2 Å². The summed E-state index contributed by atoms with van der Waals surface area (Å²) in [5, 5.41) is 0. The Balaban J connectivity index is 3.27. The molecule has 0 saturated carbocycles. The van der Waals surface area contributed by atoms with Crippen LogP contribution in [-0.2, 0) is 4.74 Å². The number of carbonyl (C=O) groups is 1. The second-order valence-corrected chi connectivity index (χ2v) is 2.63. The van der Waals surface area contributed by atoms with Crippen LogP contribution >= 0.6 is 0 Å². The molecule has 76 valence electrons. The maximum absolute atomic E-state index is 11.2. The number of hydrogen-bond acceptors (Lipinski definition) is 4. The first kappa shape index (κ1) is 10.2. The van der Waals surface area contributed by atoms with Gasteiger partial charge in [-0.05, 0) is 13.8 Å². The van der Waals surface area contributed by atoms with Gasteiger partial charge in [0.15, 0.2) is 0 Å². The predicted molar refractivity (Wildman–Crippen MR) is 48.4 cm³/mol. The average Bonchev–Trinajstić information content (AvgIpc) is 2.11. The summed E-state index contributed by atoms with van der Waals surface area (Å²) in [6.07, 6.45) is 0. The zero-order valence-corrected chi connectivity index (χ0v) is 7.84. The van der Waals surface area contributed by atoms with Gasteiger partial charge in [-0.1, -0.05) is 0 Å². The number of aromatic nitrogens is 2. The summed E-state index contributed by atoms with van der Waals surface area (Å²) in [4.78, 5) is 37.4. The second kappa shape index (κ2) is 3.91. The quantitative estimate of drug-likeness (QED) is 0.629. The van der Waals surface area contributed by atoms with Crippen molar-refractivity contribution in [1.82, 2.24) is 9.97 Å². The predicted octanol–water partition coefficient (Wildman–Crippen LogP) is -0.452. The van der Waals surface area contributed by atoms with Crippen LogP contribution in [0.5, 0.6) is 0 Å². The van der Waals surface area contributed by atoms with Gasteiger partial charge in [-0.15, -0.1) is 0 Å². The molecule has 0 spiro atoms. The molecule has 0 aliphatic carbocycles. The van der Waals surface area contributed by atoms with Crippen molar-refractivity contribution >= 4 is 5.97 Å². The molecule has 0 aliphatic heterocycles. The molecular weight excluding hydrogens is 188 g/mol. The lowest BCUT2D eigenvalue weighted by Crippen LogP contribution is -2.29. The molecule has 1 heterocycles. The SMILES string of the molecule is CCOC(=O)c1[nH]c(=O)[nH]c(=O)c1C. The minimum absolute atomic E-state index is 0.0967. The van der Waals surface area contributed by atoms with Crippen molar-refractivity contribution in [3.05, 3.63) is 32.1 Å². The highest BCUT2D eigenvalue weighted by molar-refractivity contribution is 5.88. The maximum atomic E-state index is 11.2. The van der Waals surface area contributed by atoms with Crippen molar-refractivity contribution in [3.63, 3.8) is 0 Å². The Bertz CT molecular complexity index is 457. The van der Waals surface area contributed by atoms with Crippen LogP contribution in [0.4, 0.5) is 0 Å². The molecule has 1 rings (SSSR count). The van der Waals surface area contributed by atoms with Crippen LogP contribution in [0.3, 0.4) is 0 Å². The van der Waals surface area contributed by atoms with E-state index in [9.17, 15) is 14.4 Å². The number of H-pyrrole nitrogens is 2. The largest absolute Gasteiger partial charge is 0.461 e. The Labute approximate surface area is 78.9 Å². The summed E-state index contributed by atoms with van der Waals surface area (Å²) in [6.45, 7) is 3.26. The van der Waals surface area contributed by atoms with Gasteiger partial charge in [-0.3, -0.25) is 9.78 Å². The van der Waals surface area contributed by atoms with Crippen LogP contribution in [0.25, 0.3) is 0 Å². The first-order valence-corrected chi connectivity index (χ1v) is 4.06. The average molecular weight is 198 g/mol. The fraction of sp³-hybridized carbons (Fsp3) is 0.375. The van der Waals surface area contributed by atoms with Crippen LogP contribution in [0.1, 0.15) is 23.0 Å². The third-order valence-electron chi connectivity index (χ3n) is 1.66. The van der Waals surface area contributed by atoms with Crippen molar-refractivity contribution in [3.8, 4) is 0 Å². The Morgan fingerprint density at radius 1 is 1.36 bits per heavy atom. The van der Waals surface area contributed by atoms with E-state index >= 15 is 0 Å². The van der Waals surface area contributed by atoms with Crippen molar-refractivity contribution in [2.45, 2.75) is 13.8 Å². The summed E-state index contributed by atoms with van der Waals surface area (Å²) in [7, 11) is 0. The lowest BCUT2D eigenvalue weighted by molar-refractivity contribution is 0.0517. The number of hydrogen-bond donors (Lipinski definition) is 2. The van der Waals surface area contributed by atoms with E-state index in [1.165, 1.54) is 6.92 Å². The minimum atomic E-state index is -0.719. The number of ether oxygens (including phenoxy) is 1. The van der Waals surface area contributed by atoms with Gasteiger partial charge >= 0.3 is 11.7 Å². The molecule has 1 aromatic rings. The van der Waals surface area contributed by atoms with Crippen LogP contribution in [0.2, 0.25) is 0 Å². The van der Waals surface area contributed by atoms with Crippen LogP contribution in [0, 0.1) is 6.92 Å². The van der Waals surface area contributed by atoms with E-state index in [-0.39, 0.29) is 17.9 Å². The standard InChI is InChI=1S/C8H10N2O4/c1-3-14-7(12)5-4(2)6(11)10-8(13)9-5/h3H2,1-2H3,(H2,9,10,11,13). The Kier molecular flexibility index (Phi) is 2.85. The van der Waals surface area contributed by atoms with Gasteiger partial charge in [0.25, 0.3) is 5.56 Å². The molecule has 0 aromatic carbocycles. The Morgan fingerprint density at radius 3 is 2.57 bits per heavy atom. The van der Waals surface area contributed by atoms with Gasteiger partial charge < -0.3 is 9.72 Å². The Morgan fingerprint density at radius 2 is 2.00 bits per heavy atom. The highest BCUT2D eigenvalue weighted by atomic mass is 16.5. The van der Waals surface area contributed by atoms with Gasteiger partial charge in [0.05, 0.1) is 6.61 Å². The third kappa shape index (κ3) is 1.90. The molecule has 0 radical (unpaired) electrons. The van der Waals surface area contributed by atoms with Gasteiger partial charge in [0, 0.05) is 5.56 Å². The van der Waals surface area contributed by atoms with E-state index in [1.54, 1.807) is 6.92 Å². The molecule has 0 saturated heterocycles. The smallest absolute Gasteiger partial charge is 0.355 e. The molecule has 0 bridgehead atoms. The van der Waals surface area contributed by atoms with Crippen molar-refractivity contribution in [2.24, 2.45) is 0 Å². The van der Waals surface area contributed by atoms with Crippen molar-refractivity contribution < 1.29 is 9.53 Å². The fourth-order valence-corrected chi connectivity index (χ4v) is 0.956. The first-order chi connectivity index (χ1) is 6.56. The molecule has 0 atom stereocenters. The summed E-state index contributed by atoms with van der Waals surface area (Å²) >= 11 is 0. The van der Waals surface area contributed by atoms with E-state index in [1.807, 2.05) is 4.98 Å². The summed E-state index contributed by atoms with van der Waals surface area (Å²) in [5.74, 6) is -0.701. The van der Waals surface area contributed by atoms with Gasteiger partial charge in [0.1, 0.15) is 5.69 Å². The third-order valence-corrected chi connectivity index (χ3v) is 1.66. The molecule has 6 heteroatoms. The van der Waals surface area contributed by atoms with E-state index < -0.39 is 17.2 Å². The maximum Gasteiger partial charge on any atom is 0.355 e. The lowest BCUT2D eigenvalue weighted by atomic mass is 10.2. The highest BCUT2D eigenvalue weighted by Crippen LogP contribution is 1.97. The van der Waals surface area contributed by atoms with Gasteiger partial charge in [-0.25, -0.2) is 9.59 Å². The van der Waals surface area contributed by atoms with Gasteiger partial charge in [-0.2, -0.15) is 0 Å². The molecule has 0 fully saturated rings. The van der Waals surface area contributed by atoms with Crippen molar-refractivity contribution in [2.75, 3.05) is 6.61 Å². The topological polar surface area (TPSA) is 92.0 Å². The van der Waals surface area contributed by atoms with Crippen LogP contribution in [-0.4, -0.2) is 22.5 Å². The van der Waals surface area contributed by atoms with Gasteiger partial charge in [0.2, 0.25) is 0 Å². The molecule has 14 heavy (non-hydrogen) atoms. The normalized spacial score (nSPS) is 9.86. The van der Waals surface area contributed by atoms with Crippen LogP contribution in [0.15, 0.2) is 9.59 Å². The zero-order chi connectivity index (χ0) is 10.7. The first-order valence-electron chi connectivity index (χ1n) is 4.06. The second-order valence-electron chi connectivity index (χ2n) is 2.63. The van der Waals surface area contributed by atoms with E-state index in [2.05, 4.69) is 9.72 Å². The van der Waals surface area contributed by atoms with E-state index in [0.29, 0.717) is 0 Å². The molecule has 6 nitrogen and oxygen atoms in total. The number of carbonyl (C=O) groups excluding carboxylic acids is 1. The molecule has 0 aliphatic rings. The molecule has 0 unspecified atom stereocenters. The molecular formula is C8H10N2O4. The Hall–Kier alpha value is -1.85. The fourth-order valence-electron chi connectivity index (χ4n) is 0.956. The summed E-state index contributed by atoms with van der Waals surface area (Å²) < 4.78 is 4.66. The molecule has 0 amide bonds. The number of aromatic amines is 2. The number of esters is 1. The lowest BCUT2D eigenvalue weighted by Gasteiger charge is -2.02. The number of nitrogens with one attached hydrogen (secondary N) is 2. The minimum Gasteiger partial charge on any atom is -0.461 e. The highest BCUT2D eigenvalue weighted by Gasteiger charge is 2.13. The summed E-state index contributed by atoms with van der Waals surface area (Å²) in [6, 6.07) is 0. The van der Waals surface area contributed by atoms with Crippen molar-refractivity contribution in [1.29, 1.82) is 0 Å².